The van der Waals surface area contributed by atoms with Gasteiger partial charge in [-0.1, -0.05) is 66.7 Å². The SMILES string of the molecule is C=CCc1cc(/C=C2\S[C@H](Nc3ccc(CC)cc3)NC2=O)cc(Br)c1OCc1ccccc1Cl. The van der Waals surface area contributed by atoms with Gasteiger partial charge < -0.3 is 15.4 Å². The fraction of sp³-hybridized carbons (Fsp3) is 0.179. The van der Waals surface area contributed by atoms with E-state index in [0.29, 0.717) is 23.0 Å². The predicted octanol–water partition coefficient (Wildman–Crippen LogP) is 7.57. The van der Waals surface area contributed by atoms with Crippen LogP contribution in [0.4, 0.5) is 5.69 Å². The fourth-order valence-corrected chi connectivity index (χ4v) is 5.50. The highest BCUT2D eigenvalue weighted by Gasteiger charge is 2.27. The Bertz CT molecular complexity index is 1260. The quantitative estimate of drug-likeness (QED) is 0.206. The van der Waals surface area contributed by atoms with Crippen molar-refractivity contribution in [2.24, 2.45) is 0 Å². The Hall–Kier alpha value is -2.67. The molecule has 0 bridgehead atoms. The molecule has 1 heterocycles. The zero-order chi connectivity index (χ0) is 24.8. The normalized spacial score (nSPS) is 16.3. The molecule has 1 aliphatic heterocycles. The highest BCUT2D eigenvalue weighted by atomic mass is 79.9. The standard InChI is InChI=1S/C28H26BrClN2O2S/c1-3-7-20-14-19(15-23(29)26(20)34-17-21-8-5-6-9-24(21)30)16-25-27(33)32-28(35-25)31-22-12-10-18(4-2)11-13-22/h3,5-6,8-16,28,31H,1,4,7,17H2,2H3,(H,32,33)/b25-16-/t28-/m1/s1. The lowest BCUT2D eigenvalue weighted by Gasteiger charge is -2.15. The second-order valence-electron chi connectivity index (χ2n) is 8.04. The molecule has 1 fully saturated rings. The lowest BCUT2D eigenvalue weighted by atomic mass is 10.1. The Morgan fingerprint density at radius 1 is 1.17 bits per heavy atom. The van der Waals surface area contributed by atoms with Crippen LogP contribution >= 0.6 is 39.3 Å². The summed E-state index contributed by atoms with van der Waals surface area (Å²) in [5.74, 6) is 0.642. The van der Waals surface area contributed by atoms with Crippen LogP contribution in [0.3, 0.4) is 0 Å². The van der Waals surface area contributed by atoms with Gasteiger partial charge in [0.05, 0.1) is 9.38 Å². The molecule has 1 saturated heterocycles. The number of carbonyl (C=O) groups is 1. The second kappa shape index (κ2) is 11.8. The van der Waals surface area contributed by atoms with Crippen LogP contribution < -0.4 is 15.4 Å². The minimum absolute atomic E-state index is 0.0990. The molecule has 0 aromatic heterocycles. The molecule has 2 N–H and O–H groups in total. The van der Waals surface area contributed by atoms with Gasteiger partial charge in [-0.2, -0.15) is 0 Å². The smallest absolute Gasteiger partial charge is 0.260 e. The molecule has 0 radical (unpaired) electrons. The first-order valence-corrected chi connectivity index (χ1v) is 13.4. The molecule has 1 amide bonds. The Balaban J connectivity index is 1.50. The van der Waals surface area contributed by atoms with Crippen LogP contribution in [0.25, 0.3) is 6.08 Å². The molecular weight excluding hydrogens is 544 g/mol. The molecule has 4 nitrogen and oxygen atoms in total. The summed E-state index contributed by atoms with van der Waals surface area (Å²) in [6.07, 6.45) is 5.36. The number of anilines is 1. The van der Waals surface area contributed by atoms with Crippen LogP contribution in [0.15, 0.2) is 82.7 Å². The first-order chi connectivity index (χ1) is 17.0. The van der Waals surface area contributed by atoms with Gasteiger partial charge in [0.25, 0.3) is 5.91 Å². The van der Waals surface area contributed by atoms with Gasteiger partial charge in [0, 0.05) is 16.3 Å². The van der Waals surface area contributed by atoms with Gasteiger partial charge >= 0.3 is 0 Å². The summed E-state index contributed by atoms with van der Waals surface area (Å²) in [7, 11) is 0. The molecule has 0 saturated carbocycles. The Kier molecular flexibility index (Phi) is 8.60. The van der Waals surface area contributed by atoms with Crippen molar-refractivity contribution in [3.8, 4) is 5.75 Å². The van der Waals surface area contributed by atoms with Crippen molar-refractivity contribution in [1.82, 2.24) is 5.32 Å². The number of halogens is 2. The summed E-state index contributed by atoms with van der Waals surface area (Å²) in [5, 5.41) is 7.02. The summed E-state index contributed by atoms with van der Waals surface area (Å²) >= 11 is 11.4. The van der Waals surface area contributed by atoms with Crippen molar-refractivity contribution in [1.29, 1.82) is 0 Å². The Morgan fingerprint density at radius 2 is 1.94 bits per heavy atom. The summed E-state index contributed by atoms with van der Waals surface area (Å²) < 4.78 is 6.95. The predicted molar refractivity (Wildman–Crippen MR) is 151 cm³/mol. The van der Waals surface area contributed by atoms with Crippen LogP contribution in [-0.2, 0) is 24.2 Å². The maximum absolute atomic E-state index is 12.6. The number of benzene rings is 3. The number of aryl methyl sites for hydroxylation is 1. The summed E-state index contributed by atoms with van der Waals surface area (Å²) in [5.41, 5.74) is 4.82. The summed E-state index contributed by atoms with van der Waals surface area (Å²) in [6.45, 7) is 6.36. The number of amides is 1. The van der Waals surface area contributed by atoms with E-state index in [0.717, 1.165) is 39.0 Å². The van der Waals surface area contributed by atoms with E-state index in [9.17, 15) is 4.79 Å². The third-order valence-electron chi connectivity index (χ3n) is 5.53. The van der Waals surface area contributed by atoms with Gasteiger partial charge in [0.15, 0.2) is 5.50 Å². The number of allylic oxidation sites excluding steroid dienone is 1. The Morgan fingerprint density at radius 3 is 2.66 bits per heavy atom. The van der Waals surface area contributed by atoms with Crippen LogP contribution in [-0.4, -0.2) is 11.4 Å². The fourth-order valence-electron chi connectivity index (χ4n) is 3.70. The number of hydrogen-bond acceptors (Lipinski definition) is 4. The van der Waals surface area contributed by atoms with E-state index in [1.165, 1.54) is 17.3 Å². The number of carbonyl (C=O) groups excluding carboxylic acids is 1. The maximum atomic E-state index is 12.6. The lowest BCUT2D eigenvalue weighted by Crippen LogP contribution is -2.30. The van der Waals surface area contributed by atoms with Gasteiger partial charge in [-0.05, 0) is 81.9 Å². The maximum Gasteiger partial charge on any atom is 0.260 e. The lowest BCUT2D eigenvalue weighted by molar-refractivity contribution is -0.116. The highest BCUT2D eigenvalue weighted by Crippen LogP contribution is 2.36. The average Bonchev–Trinajstić information content (AvgIpc) is 3.18. The molecule has 0 aliphatic carbocycles. The van der Waals surface area contributed by atoms with Crippen LogP contribution in [0.1, 0.15) is 29.2 Å². The molecule has 1 atom stereocenters. The van der Waals surface area contributed by atoms with E-state index >= 15 is 0 Å². The number of ether oxygens (including phenoxy) is 1. The molecule has 1 aliphatic rings. The Labute approximate surface area is 223 Å². The number of nitrogens with one attached hydrogen (secondary N) is 2. The molecule has 7 heteroatoms. The monoisotopic (exact) mass is 568 g/mol. The van der Waals surface area contributed by atoms with E-state index in [4.69, 9.17) is 16.3 Å². The molecular formula is C28H26BrClN2O2S. The van der Waals surface area contributed by atoms with E-state index in [1.807, 2.05) is 60.7 Å². The zero-order valence-electron chi connectivity index (χ0n) is 19.3. The van der Waals surface area contributed by atoms with E-state index in [-0.39, 0.29) is 11.4 Å². The van der Waals surface area contributed by atoms with Gasteiger partial charge in [-0.25, -0.2) is 0 Å². The molecule has 35 heavy (non-hydrogen) atoms. The van der Waals surface area contributed by atoms with E-state index in [2.05, 4.69) is 52.2 Å². The third-order valence-corrected chi connectivity index (χ3v) is 7.51. The molecule has 3 aromatic rings. The minimum Gasteiger partial charge on any atom is -0.487 e. The van der Waals surface area contributed by atoms with E-state index < -0.39 is 0 Å². The topological polar surface area (TPSA) is 50.4 Å². The van der Waals surface area contributed by atoms with Crippen LogP contribution in [0.2, 0.25) is 5.02 Å². The van der Waals surface area contributed by atoms with Gasteiger partial charge in [0.1, 0.15) is 12.4 Å². The van der Waals surface area contributed by atoms with Crippen molar-refractivity contribution in [2.45, 2.75) is 31.9 Å². The van der Waals surface area contributed by atoms with Crippen molar-refractivity contribution in [3.05, 3.63) is 110 Å². The van der Waals surface area contributed by atoms with Crippen molar-refractivity contribution in [3.63, 3.8) is 0 Å². The third kappa shape index (κ3) is 6.51. The zero-order valence-corrected chi connectivity index (χ0v) is 22.5. The minimum atomic E-state index is -0.226. The molecule has 4 rings (SSSR count). The second-order valence-corrected chi connectivity index (χ2v) is 10.4. The first kappa shape index (κ1) is 25.4. The largest absolute Gasteiger partial charge is 0.487 e. The van der Waals surface area contributed by atoms with Gasteiger partial charge in [-0.3, -0.25) is 4.79 Å². The molecule has 180 valence electrons. The molecule has 0 unspecified atom stereocenters. The number of hydrogen-bond donors (Lipinski definition) is 2. The number of rotatable bonds is 9. The van der Waals surface area contributed by atoms with Gasteiger partial charge in [0.2, 0.25) is 0 Å². The van der Waals surface area contributed by atoms with Crippen LogP contribution in [0, 0.1) is 0 Å². The average molecular weight is 570 g/mol. The molecule has 3 aromatic carbocycles. The molecule has 0 spiro atoms. The van der Waals surface area contributed by atoms with Crippen LogP contribution in [0.5, 0.6) is 5.75 Å². The highest BCUT2D eigenvalue weighted by molar-refractivity contribution is 9.10. The van der Waals surface area contributed by atoms with Crippen molar-refractivity contribution in [2.75, 3.05) is 5.32 Å². The van der Waals surface area contributed by atoms with Gasteiger partial charge in [-0.15, -0.1) is 6.58 Å². The van der Waals surface area contributed by atoms with Crippen molar-refractivity contribution < 1.29 is 9.53 Å². The summed E-state index contributed by atoms with van der Waals surface area (Å²) in [4.78, 5) is 13.3. The van der Waals surface area contributed by atoms with E-state index in [1.54, 1.807) is 0 Å². The number of thioether (sulfide) groups is 1. The summed E-state index contributed by atoms with van der Waals surface area (Å²) in [6, 6.07) is 19.9. The first-order valence-electron chi connectivity index (χ1n) is 11.3. The van der Waals surface area contributed by atoms with Crippen molar-refractivity contribution >= 4 is 57.0 Å².